The van der Waals surface area contributed by atoms with Crippen LogP contribution < -0.4 is 5.32 Å². The maximum absolute atomic E-state index is 12.1. The third kappa shape index (κ3) is 4.92. The molecule has 2 fully saturated rings. The van der Waals surface area contributed by atoms with Gasteiger partial charge in [0.25, 0.3) is 0 Å². The summed E-state index contributed by atoms with van der Waals surface area (Å²) in [6, 6.07) is 0. The third-order valence-electron chi connectivity index (χ3n) is 4.89. The van der Waals surface area contributed by atoms with Crippen LogP contribution in [0, 0.1) is 4.77 Å². The first-order valence-corrected chi connectivity index (χ1v) is 10.1. The van der Waals surface area contributed by atoms with E-state index in [-0.39, 0.29) is 11.4 Å². The topological polar surface area (TPSA) is 58.3 Å². The second-order valence-corrected chi connectivity index (χ2v) is 8.86. The summed E-state index contributed by atoms with van der Waals surface area (Å²) in [5.41, 5.74) is -0.174. The Morgan fingerprint density at radius 3 is 2.35 bits per heavy atom. The van der Waals surface area contributed by atoms with Crippen molar-refractivity contribution >= 4 is 18.1 Å². The molecule has 146 valence electrons. The predicted octanol–water partition coefficient (Wildman–Crippen LogP) is 1.80. The second-order valence-electron chi connectivity index (χ2n) is 8.49. The average molecular weight is 381 g/mol. The number of carbonyl (C=O) groups excluding carboxylic acids is 1. The fourth-order valence-corrected chi connectivity index (χ4v) is 3.75. The van der Waals surface area contributed by atoms with Gasteiger partial charge in [-0.15, -0.1) is 0 Å². The smallest absolute Gasteiger partial charge is 0.234 e. The minimum Gasteiger partial charge on any atom is -0.350 e. The Labute approximate surface area is 161 Å². The molecule has 2 heterocycles. The van der Waals surface area contributed by atoms with Crippen LogP contribution in [0.4, 0.5) is 0 Å². The molecule has 0 atom stereocenters. The summed E-state index contributed by atoms with van der Waals surface area (Å²) in [6.07, 6.45) is 2.47. The first kappa shape index (κ1) is 19.5. The Hall–Kier alpha value is -1.25. The van der Waals surface area contributed by atoms with Crippen molar-refractivity contribution in [1.82, 2.24) is 29.5 Å². The molecule has 0 aromatic carbocycles. The fourth-order valence-electron chi connectivity index (χ4n) is 3.43. The molecule has 1 N–H and O–H groups in total. The molecule has 1 aromatic heterocycles. The van der Waals surface area contributed by atoms with Gasteiger partial charge in [0.05, 0.1) is 13.2 Å². The third-order valence-corrected chi connectivity index (χ3v) is 5.32. The highest BCUT2D eigenvalue weighted by Crippen LogP contribution is 2.39. The number of nitrogens with zero attached hydrogens (tertiary/aromatic N) is 5. The quantitative estimate of drug-likeness (QED) is 0.763. The van der Waals surface area contributed by atoms with Gasteiger partial charge in [-0.05, 0) is 52.8 Å². The molecule has 1 aromatic rings. The van der Waals surface area contributed by atoms with E-state index in [9.17, 15) is 4.79 Å². The number of hydrogen-bond donors (Lipinski definition) is 1. The lowest BCUT2D eigenvalue weighted by atomic mass is 10.1. The van der Waals surface area contributed by atoms with E-state index >= 15 is 0 Å². The van der Waals surface area contributed by atoms with Crippen molar-refractivity contribution in [2.45, 2.75) is 65.2 Å². The predicted molar refractivity (Wildman–Crippen MR) is 105 cm³/mol. The summed E-state index contributed by atoms with van der Waals surface area (Å²) >= 11 is 5.63. The highest BCUT2D eigenvalue weighted by atomic mass is 32.1. The summed E-state index contributed by atoms with van der Waals surface area (Å²) in [5, 5.41) is 7.83. The Morgan fingerprint density at radius 1 is 1.19 bits per heavy atom. The summed E-state index contributed by atoms with van der Waals surface area (Å²) in [6.45, 7) is 13.9. The zero-order valence-electron chi connectivity index (χ0n) is 16.5. The van der Waals surface area contributed by atoms with E-state index in [0.29, 0.717) is 12.5 Å². The molecular formula is C18H32N6OS. The van der Waals surface area contributed by atoms with Gasteiger partial charge in [-0.2, -0.15) is 5.10 Å². The molecule has 3 rings (SSSR count). The van der Waals surface area contributed by atoms with E-state index in [0.717, 1.165) is 50.0 Å². The molecule has 8 heteroatoms. The Kier molecular flexibility index (Phi) is 5.84. The van der Waals surface area contributed by atoms with Crippen LogP contribution in [0.3, 0.4) is 0 Å². The zero-order chi connectivity index (χ0) is 18.9. The van der Waals surface area contributed by atoms with Crippen molar-refractivity contribution in [3.63, 3.8) is 0 Å². The van der Waals surface area contributed by atoms with Crippen molar-refractivity contribution in [3.8, 4) is 0 Å². The molecule has 0 unspecified atom stereocenters. The van der Waals surface area contributed by atoms with E-state index in [1.54, 1.807) is 0 Å². The van der Waals surface area contributed by atoms with Crippen LogP contribution in [0.25, 0.3) is 0 Å². The normalized spacial score (nSPS) is 19.7. The first-order chi connectivity index (χ1) is 12.3. The number of hydrogen-bond acceptors (Lipinski definition) is 5. The summed E-state index contributed by atoms with van der Waals surface area (Å²) in [4.78, 5) is 16.7. The van der Waals surface area contributed by atoms with Gasteiger partial charge in [-0.25, -0.2) is 4.68 Å². The Morgan fingerprint density at radius 2 is 1.81 bits per heavy atom. The van der Waals surface area contributed by atoms with Gasteiger partial charge in [0.15, 0.2) is 4.77 Å². The molecule has 2 aliphatic rings. The van der Waals surface area contributed by atoms with Crippen LogP contribution in [0.5, 0.6) is 0 Å². The molecule has 1 aliphatic heterocycles. The molecule has 1 saturated carbocycles. The van der Waals surface area contributed by atoms with E-state index in [1.165, 1.54) is 12.8 Å². The van der Waals surface area contributed by atoms with Crippen molar-refractivity contribution < 1.29 is 4.79 Å². The van der Waals surface area contributed by atoms with Gasteiger partial charge in [0.2, 0.25) is 5.91 Å². The van der Waals surface area contributed by atoms with E-state index in [4.69, 9.17) is 17.3 Å². The molecule has 0 radical (unpaired) electrons. The fraction of sp³-hybridized carbons (Fsp3) is 0.833. The SMILES string of the molecule is CCn1c(C2CC2)nn(CN2CCN(CC(=O)NC(C)(C)C)CC2)c1=S. The van der Waals surface area contributed by atoms with E-state index in [2.05, 4.69) is 26.6 Å². The summed E-state index contributed by atoms with van der Waals surface area (Å²) in [7, 11) is 0. The van der Waals surface area contributed by atoms with E-state index < -0.39 is 0 Å². The van der Waals surface area contributed by atoms with Gasteiger partial charge in [-0.3, -0.25) is 14.6 Å². The van der Waals surface area contributed by atoms with Gasteiger partial charge in [-0.1, -0.05) is 0 Å². The van der Waals surface area contributed by atoms with Crippen molar-refractivity contribution in [1.29, 1.82) is 0 Å². The zero-order valence-corrected chi connectivity index (χ0v) is 17.3. The second kappa shape index (κ2) is 7.78. The largest absolute Gasteiger partial charge is 0.350 e. The monoisotopic (exact) mass is 380 g/mol. The lowest BCUT2D eigenvalue weighted by Crippen LogP contribution is -2.51. The summed E-state index contributed by atoms with van der Waals surface area (Å²) in [5.74, 6) is 1.87. The van der Waals surface area contributed by atoms with Crippen molar-refractivity contribution in [3.05, 3.63) is 10.6 Å². The minimum atomic E-state index is -0.174. The number of aromatic nitrogens is 3. The van der Waals surface area contributed by atoms with Gasteiger partial charge in [0.1, 0.15) is 5.82 Å². The standard InChI is InChI=1S/C18H32N6OS/c1-5-23-16(14-6-7-14)20-24(17(23)26)13-22-10-8-21(9-11-22)12-15(25)19-18(2,3)4/h14H,5-13H2,1-4H3,(H,19,25). The highest BCUT2D eigenvalue weighted by Gasteiger charge is 2.30. The van der Waals surface area contributed by atoms with Crippen LogP contribution >= 0.6 is 12.2 Å². The van der Waals surface area contributed by atoms with Crippen molar-refractivity contribution in [2.24, 2.45) is 0 Å². The van der Waals surface area contributed by atoms with Crippen molar-refractivity contribution in [2.75, 3.05) is 32.7 Å². The number of rotatable bonds is 6. The summed E-state index contributed by atoms with van der Waals surface area (Å²) < 4.78 is 5.00. The average Bonchev–Trinajstić information content (AvgIpc) is 3.33. The molecule has 0 bridgehead atoms. The minimum absolute atomic E-state index is 0.101. The molecule has 1 amide bonds. The lowest BCUT2D eigenvalue weighted by Gasteiger charge is -2.34. The van der Waals surface area contributed by atoms with Gasteiger partial charge < -0.3 is 9.88 Å². The number of amides is 1. The van der Waals surface area contributed by atoms with Gasteiger partial charge >= 0.3 is 0 Å². The van der Waals surface area contributed by atoms with Crippen LogP contribution in [0.2, 0.25) is 0 Å². The molecule has 7 nitrogen and oxygen atoms in total. The Balaban J connectivity index is 1.52. The maximum Gasteiger partial charge on any atom is 0.234 e. The molecule has 1 aliphatic carbocycles. The van der Waals surface area contributed by atoms with Gasteiger partial charge in [0, 0.05) is 44.2 Å². The first-order valence-electron chi connectivity index (χ1n) is 9.70. The molecular weight excluding hydrogens is 348 g/mol. The number of carbonyl (C=O) groups is 1. The van der Waals surface area contributed by atoms with Crippen LogP contribution in [0.1, 0.15) is 52.3 Å². The molecule has 0 spiro atoms. The highest BCUT2D eigenvalue weighted by molar-refractivity contribution is 7.71. The molecule has 26 heavy (non-hydrogen) atoms. The maximum atomic E-state index is 12.1. The van der Waals surface area contributed by atoms with Crippen LogP contribution in [0.15, 0.2) is 0 Å². The number of piperazine rings is 1. The van der Waals surface area contributed by atoms with Crippen LogP contribution in [-0.2, 0) is 18.0 Å². The molecule has 1 saturated heterocycles. The Bertz CT molecular complexity index is 692. The number of nitrogens with one attached hydrogen (secondary N) is 1. The van der Waals surface area contributed by atoms with E-state index in [1.807, 2.05) is 25.5 Å². The lowest BCUT2D eigenvalue weighted by molar-refractivity contribution is -0.124. The van der Waals surface area contributed by atoms with Crippen LogP contribution in [-0.4, -0.2) is 68.3 Å².